The van der Waals surface area contributed by atoms with Crippen LogP contribution in [0.5, 0.6) is 5.75 Å². The number of benzene rings is 2. The molecule has 0 unspecified atom stereocenters. The van der Waals surface area contributed by atoms with Gasteiger partial charge in [0.2, 0.25) is 0 Å². The van der Waals surface area contributed by atoms with E-state index in [1.54, 1.807) is 55.3 Å². The fourth-order valence-corrected chi connectivity index (χ4v) is 7.59. The zero-order valence-corrected chi connectivity index (χ0v) is 18.2. The lowest BCUT2D eigenvalue weighted by molar-refractivity contribution is -0.117. The number of methoxy groups -OCH3 is 1. The number of sulfone groups is 1. The van der Waals surface area contributed by atoms with Gasteiger partial charge in [0.15, 0.2) is 15.0 Å². The number of hydrogen-bond acceptors (Lipinski definition) is 5. The van der Waals surface area contributed by atoms with Crippen LogP contribution < -0.4 is 9.64 Å². The molecule has 1 amide bonds. The molecule has 0 aromatic heterocycles. The molecule has 0 radical (unpaired) electrons. The summed E-state index contributed by atoms with van der Waals surface area (Å²) in [6.45, 7) is 1.66. The number of hydrogen-bond donors (Lipinski definition) is 0. The highest BCUT2D eigenvalue weighted by Gasteiger charge is 2.49. The van der Waals surface area contributed by atoms with Crippen molar-refractivity contribution in [3.63, 3.8) is 0 Å². The standard InChI is InChI=1S/C21H21FN2O4S2/c1-13-3-6-15(10-17(13)22)24-18-11-30(26,27)12-19(18)29-21(24)23-20(25)9-14-4-7-16(28-2)8-5-14/h3-8,10,18-19H,9,11-12H2,1-2H3/t18-,19+/m0/s1. The second-order valence-electron chi connectivity index (χ2n) is 7.42. The minimum absolute atomic E-state index is 0.0267. The first kappa shape index (κ1) is 20.9. The third-order valence-electron chi connectivity index (χ3n) is 5.23. The van der Waals surface area contributed by atoms with Gasteiger partial charge in [0.1, 0.15) is 11.6 Å². The third-order valence-corrected chi connectivity index (χ3v) is 8.44. The van der Waals surface area contributed by atoms with Crippen molar-refractivity contribution in [2.24, 2.45) is 4.99 Å². The Morgan fingerprint density at radius 2 is 1.97 bits per heavy atom. The molecule has 2 aromatic carbocycles. The summed E-state index contributed by atoms with van der Waals surface area (Å²) >= 11 is 1.27. The van der Waals surface area contributed by atoms with E-state index in [-0.39, 0.29) is 40.9 Å². The largest absolute Gasteiger partial charge is 0.497 e. The summed E-state index contributed by atoms with van der Waals surface area (Å²) in [4.78, 5) is 18.6. The monoisotopic (exact) mass is 448 g/mol. The molecule has 0 spiro atoms. The highest BCUT2D eigenvalue weighted by molar-refractivity contribution is 8.16. The van der Waals surface area contributed by atoms with Crippen molar-refractivity contribution in [1.29, 1.82) is 0 Å². The van der Waals surface area contributed by atoms with Gasteiger partial charge in [0, 0.05) is 10.9 Å². The van der Waals surface area contributed by atoms with Gasteiger partial charge < -0.3 is 9.64 Å². The zero-order chi connectivity index (χ0) is 21.5. The molecule has 30 heavy (non-hydrogen) atoms. The molecule has 2 fully saturated rings. The Bertz CT molecular complexity index is 1120. The molecule has 0 saturated carbocycles. The lowest BCUT2D eigenvalue weighted by Crippen LogP contribution is -2.37. The van der Waals surface area contributed by atoms with Crippen LogP contribution >= 0.6 is 11.8 Å². The predicted octanol–water partition coefficient (Wildman–Crippen LogP) is 2.99. The highest BCUT2D eigenvalue weighted by atomic mass is 32.2. The van der Waals surface area contributed by atoms with Crippen molar-refractivity contribution in [1.82, 2.24) is 0 Å². The number of carbonyl (C=O) groups is 1. The van der Waals surface area contributed by atoms with Crippen molar-refractivity contribution in [3.8, 4) is 5.75 Å². The molecule has 2 atom stereocenters. The van der Waals surface area contributed by atoms with Gasteiger partial charge in [-0.15, -0.1) is 0 Å². The summed E-state index contributed by atoms with van der Waals surface area (Å²) in [7, 11) is -1.61. The third kappa shape index (κ3) is 4.22. The van der Waals surface area contributed by atoms with E-state index in [0.717, 1.165) is 5.56 Å². The number of nitrogens with zero attached hydrogens (tertiary/aromatic N) is 2. The lowest BCUT2D eigenvalue weighted by Gasteiger charge is -2.24. The molecular formula is C21H21FN2O4S2. The van der Waals surface area contributed by atoms with Crippen LogP contribution in [-0.2, 0) is 21.1 Å². The number of amidine groups is 1. The van der Waals surface area contributed by atoms with Gasteiger partial charge in [-0.25, -0.2) is 12.8 Å². The number of aryl methyl sites for hydroxylation is 1. The Hall–Kier alpha value is -2.39. The van der Waals surface area contributed by atoms with Crippen molar-refractivity contribution >= 4 is 38.4 Å². The molecule has 9 heteroatoms. The van der Waals surface area contributed by atoms with E-state index < -0.39 is 9.84 Å². The fourth-order valence-electron chi connectivity index (χ4n) is 3.66. The molecule has 0 aliphatic carbocycles. The van der Waals surface area contributed by atoms with Gasteiger partial charge >= 0.3 is 0 Å². The van der Waals surface area contributed by atoms with Gasteiger partial charge in [0.05, 0.1) is 31.1 Å². The van der Waals surface area contributed by atoms with E-state index in [9.17, 15) is 17.6 Å². The minimum Gasteiger partial charge on any atom is -0.497 e. The molecule has 6 nitrogen and oxygen atoms in total. The molecule has 4 rings (SSSR count). The van der Waals surface area contributed by atoms with Crippen LogP contribution in [0.3, 0.4) is 0 Å². The van der Waals surface area contributed by atoms with E-state index in [1.165, 1.54) is 17.8 Å². The van der Waals surface area contributed by atoms with Gasteiger partial charge in [0.25, 0.3) is 5.91 Å². The molecule has 158 valence electrons. The van der Waals surface area contributed by atoms with Crippen LogP contribution in [0.4, 0.5) is 10.1 Å². The van der Waals surface area contributed by atoms with Crippen molar-refractivity contribution in [3.05, 3.63) is 59.4 Å². The first-order chi connectivity index (χ1) is 14.3. The van der Waals surface area contributed by atoms with Crippen LogP contribution in [0.1, 0.15) is 11.1 Å². The molecule has 2 heterocycles. The number of anilines is 1. The summed E-state index contributed by atoms with van der Waals surface area (Å²) < 4.78 is 43.6. The summed E-state index contributed by atoms with van der Waals surface area (Å²) in [6, 6.07) is 11.5. The normalized spacial score (nSPS) is 23.6. The first-order valence-electron chi connectivity index (χ1n) is 9.42. The zero-order valence-electron chi connectivity index (χ0n) is 16.5. The maximum Gasteiger partial charge on any atom is 0.252 e. The number of carbonyl (C=O) groups excluding carboxylic acids is 1. The highest BCUT2D eigenvalue weighted by Crippen LogP contribution is 2.41. The fraction of sp³-hybridized carbons (Fsp3) is 0.333. The smallest absolute Gasteiger partial charge is 0.252 e. The minimum atomic E-state index is -3.18. The van der Waals surface area contributed by atoms with Gasteiger partial charge in [-0.05, 0) is 42.3 Å². The van der Waals surface area contributed by atoms with E-state index in [4.69, 9.17) is 4.74 Å². The number of rotatable bonds is 4. The maximum atomic E-state index is 14.2. The SMILES string of the molecule is COc1ccc(CC(=O)N=C2S[C@@H]3CS(=O)(=O)C[C@@H]3N2c2ccc(C)c(F)c2)cc1. The van der Waals surface area contributed by atoms with Gasteiger partial charge in [-0.1, -0.05) is 30.0 Å². The van der Waals surface area contributed by atoms with Crippen LogP contribution in [0.25, 0.3) is 0 Å². The van der Waals surface area contributed by atoms with E-state index >= 15 is 0 Å². The average Bonchev–Trinajstić information content (AvgIpc) is 3.15. The van der Waals surface area contributed by atoms with Crippen molar-refractivity contribution in [2.45, 2.75) is 24.6 Å². The summed E-state index contributed by atoms with van der Waals surface area (Å²) in [5.41, 5.74) is 1.80. The Kier molecular flexibility index (Phi) is 5.59. The number of thioether (sulfide) groups is 1. The summed E-state index contributed by atoms with van der Waals surface area (Å²) in [5, 5.41) is 0.188. The Morgan fingerprint density at radius 1 is 1.23 bits per heavy atom. The predicted molar refractivity (Wildman–Crippen MR) is 117 cm³/mol. The summed E-state index contributed by atoms with van der Waals surface area (Å²) in [6.07, 6.45) is 0.109. The molecule has 2 aromatic rings. The van der Waals surface area contributed by atoms with Crippen LogP contribution in [0.2, 0.25) is 0 Å². The van der Waals surface area contributed by atoms with Crippen molar-refractivity contribution < 1.29 is 22.3 Å². The van der Waals surface area contributed by atoms with Gasteiger partial charge in [-0.3, -0.25) is 4.79 Å². The first-order valence-corrected chi connectivity index (χ1v) is 12.1. The molecule has 0 N–H and O–H groups in total. The topological polar surface area (TPSA) is 76.0 Å². The molecule has 2 aliphatic heterocycles. The Balaban J connectivity index is 1.62. The molecule has 2 aliphatic rings. The maximum absolute atomic E-state index is 14.2. The van der Waals surface area contributed by atoms with Crippen LogP contribution in [0.15, 0.2) is 47.5 Å². The van der Waals surface area contributed by atoms with E-state index in [2.05, 4.69) is 4.99 Å². The van der Waals surface area contributed by atoms with Gasteiger partial charge in [-0.2, -0.15) is 4.99 Å². The Labute approximate surface area is 179 Å². The number of aliphatic imine (C=N–C) groups is 1. The quantitative estimate of drug-likeness (QED) is 0.716. The number of ether oxygens (including phenoxy) is 1. The van der Waals surface area contributed by atoms with Crippen LogP contribution in [0, 0.1) is 12.7 Å². The number of halogens is 1. The molecule has 2 saturated heterocycles. The number of amides is 1. The van der Waals surface area contributed by atoms with E-state index in [1.807, 2.05) is 0 Å². The second-order valence-corrected chi connectivity index (χ2v) is 10.8. The Morgan fingerprint density at radius 3 is 2.63 bits per heavy atom. The second kappa shape index (κ2) is 8.03. The molecule has 0 bridgehead atoms. The van der Waals surface area contributed by atoms with E-state index in [0.29, 0.717) is 22.2 Å². The molecular weight excluding hydrogens is 427 g/mol. The lowest BCUT2D eigenvalue weighted by atomic mass is 10.1. The summed E-state index contributed by atoms with van der Waals surface area (Å²) in [5.74, 6) is -0.0377. The average molecular weight is 449 g/mol. The van der Waals surface area contributed by atoms with Crippen LogP contribution in [-0.4, -0.2) is 49.4 Å². The number of fused-ring (bicyclic) bond motifs is 1. The van der Waals surface area contributed by atoms with Crippen molar-refractivity contribution in [2.75, 3.05) is 23.5 Å².